The van der Waals surface area contributed by atoms with Crippen LogP contribution in [0, 0.1) is 5.92 Å². The van der Waals surface area contributed by atoms with Gasteiger partial charge in [-0.15, -0.1) is 10.2 Å². The van der Waals surface area contributed by atoms with Gasteiger partial charge in [0.05, 0.1) is 13.0 Å². The molecule has 0 saturated carbocycles. The third-order valence-electron chi connectivity index (χ3n) is 5.52. The van der Waals surface area contributed by atoms with E-state index in [1.807, 2.05) is 24.3 Å². The molecule has 1 amide bonds. The normalized spacial score (nSPS) is 12.1. The summed E-state index contributed by atoms with van der Waals surface area (Å²) >= 11 is 0. The Hall–Kier alpha value is -3.89. The van der Waals surface area contributed by atoms with Gasteiger partial charge >= 0.3 is 18.0 Å². The van der Waals surface area contributed by atoms with Crippen molar-refractivity contribution in [3.63, 3.8) is 0 Å². The monoisotopic (exact) mass is 518 g/mol. The number of halogens is 3. The van der Waals surface area contributed by atoms with E-state index in [1.165, 1.54) is 0 Å². The Morgan fingerprint density at radius 3 is 2.38 bits per heavy atom. The number of benzene rings is 2. The molecule has 1 atom stereocenters. The average molecular weight is 519 g/mol. The molecule has 0 aliphatic rings. The van der Waals surface area contributed by atoms with Crippen molar-refractivity contribution in [2.24, 2.45) is 5.92 Å². The lowest BCUT2D eigenvalue weighted by atomic mass is 10.00. The van der Waals surface area contributed by atoms with Gasteiger partial charge in [-0.2, -0.15) is 13.2 Å². The van der Waals surface area contributed by atoms with Crippen LogP contribution in [0.5, 0.6) is 0 Å². The van der Waals surface area contributed by atoms with Crippen molar-refractivity contribution in [1.82, 2.24) is 15.5 Å². The van der Waals surface area contributed by atoms with Gasteiger partial charge in [-0.05, 0) is 67.6 Å². The first-order valence-electron chi connectivity index (χ1n) is 11.9. The molecule has 0 aliphatic heterocycles. The molecule has 8 nitrogen and oxygen atoms in total. The van der Waals surface area contributed by atoms with E-state index in [4.69, 9.17) is 9.15 Å². The summed E-state index contributed by atoms with van der Waals surface area (Å²) < 4.78 is 47.4. The fraction of sp³-hybridized carbons (Fsp3) is 0.385. The second-order valence-corrected chi connectivity index (χ2v) is 8.52. The van der Waals surface area contributed by atoms with Gasteiger partial charge in [0.1, 0.15) is 0 Å². The highest BCUT2D eigenvalue weighted by Crippen LogP contribution is 2.30. The lowest BCUT2D eigenvalue weighted by molar-refractivity contribution is -0.157. The molecule has 0 radical (unpaired) electrons. The van der Waals surface area contributed by atoms with Crippen molar-refractivity contribution in [2.45, 2.75) is 39.3 Å². The predicted molar refractivity (Wildman–Crippen MR) is 131 cm³/mol. The summed E-state index contributed by atoms with van der Waals surface area (Å²) in [6.45, 7) is 5.10. The minimum atomic E-state index is -4.67. The van der Waals surface area contributed by atoms with E-state index in [1.54, 1.807) is 31.2 Å². The molecule has 0 fully saturated rings. The second kappa shape index (κ2) is 12.9. The molecular weight excluding hydrogens is 489 g/mol. The van der Waals surface area contributed by atoms with Crippen LogP contribution < -0.4 is 10.6 Å². The van der Waals surface area contributed by atoms with E-state index in [9.17, 15) is 22.8 Å². The first-order valence-corrected chi connectivity index (χ1v) is 11.9. The molecule has 0 bridgehead atoms. The minimum Gasteiger partial charge on any atom is -0.466 e. The Morgan fingerprint density at radius 2 is 1.76 bits per heavy atom. The summed E-state index contributed by atoms with van der Waals surface area (Å²) in [7, 11) is 0. The zero-order valence-electron chi connectivity index (χ0n) is 20.6. The number of anilines is 1. The number of ether oxygens (including phenoxy) is 1. The second-order valence-electron chi connectivity index (χ2n) is 8.52. The van der Waals surface area contributed by atoms with Gasteiger partial charge in [-0.3, -0.25) is 9.59 Å². The number of hydrogen-bond acceptors (Lipinski definition) is 7. The largest absolute Gasteiger partial charge is 0.470 e. The molecule has 0 aliphatic carbocycles. The first-order chi connectivity index (χ1) is 17.7. The van der Waals surface area contributed by atoms with E-state index in [-0.39, 0.29) is 30.7 Å². The Balaban J connectivity index is 1.40. The highest BCUT2D eigenvalue weighted by molar-refractivity contribution is 5.94. The average Bonchev–Trinajstić information content (AvgIpc) is 3.38. The van der Waals surface area contributed by atoms with Crippen LogP contribution in [0.1, 0.15) is 48.5 Å². The molecule has 37 heavy (non-hydrogen) atoms. The van der Waals surface area contributed by atoms with Crippen LogP contribution in [0.4, 0.5) is 18.9 Å². The van der Waals surface area contributed by atoms with Crippen molar-refractivity contribution in [1.29, 1.82) is 0 Å². The van der Waals surface area contributed by atoms with Crippen molar-refractivity contribution in [3.05, 3.63) is 65.5 Å². The fourth-order valence-corrected chi connectivity index (χ4v) is 3.43. The van der Waals surface area contributed by atoms with Gasteiger partial charge < -0.3 is 19.8 Å². The summed E-state index contributed by atoms with van der Waals surface area (Å²) in [6, 6.07) is 14.1. The fourth-order valence-electron chi connectivity index (χ4n) is 3.43. The minimum absolute atomic E-state index is 0.128. The van der Waals surface area contributed by atoms with Gasteiger partial charge in [0, 0.05) is 29.9 Å². The lowest BCUT2D eigenvalue weighted by Crippen LogP contribution is -2.26. The van der Waals surface area contributed by atoms with Crippen LogP contribution in [0.25, 0.3) is 11.5 Å². The van der Waals surface area contributed by atoms with Crippen LogP contribution >= 0.6 is 0 Å². The first kappa shape index (κ1) is 27.7. The van der Waals surface area contributed by atoms with E-state index >= 15 is 0 Å². The Labute approximate surface area is 212 Å². The van der Waals surface area contributed by atoms with E-state index in [0.717, 1.165) is 30.6 Å². The number of hydrogen-bond donors (Lipinski definition) is 2. The van der Waals surface area contributed by atoms with Crippen molar-refractivity contribution in [2.75, 3.05) is 25.0 Å². The maximum atomic E-state index is 12.6. The highest BCUT2D eigenvalue weighted by atomic mass is 19.4. The van der Waals surface area contributed by atoms with Gasteiger partial charge in [0.15, 0.2) is 0 Å². The quantitative estimate of drug-likeness (QED) is 0.321. The Morgan fingerprint density at radius 1 is 1.05 bits per heavy atom. The predicted octanol–water partition coefficient (Wildman–Crippen LogP) is 5.12. The zero-order valence-corrected chi connectivity index (χ0v) is 20.6. The van der Waals surface area contributed by atoms with Crippen molar-refractivity contribution >= 4 is 17.6 Å². The number of nitrogens with zero attached hydrogens (tertiary/aromatic N) is 2. The standard InChI is InChI=1S/C26H29F3N4O4/c1-3-36-22(34)14-15-30-23(35)19-10-12-21(13-11-19)31-16-17(2)4-5-18-6-8-20(9-7-18)24-32-33-25(37-24)26(27,28)29/h6-13,17,31H,3-5,14-16H2,1-2H3,(H,30,35). The molecule has 1 heterocycles. The van der Waals surface area contributed by atoms with Crippen molar-refractivity contribution < 1.29 is 31.9 Å². The van der Waals surface area contributed by atoms with Crippen molar-refractivity contribution in [3.8, 4) is 11.5 Å². The van der Waals surface area contributed by atoms with Gasteiger partial charge in [0.25, 0.3) is 5.91 Å². The molecule has 198 valence electrons. The number of aryl methyl sites for hydroxylation is 1. The third kappa shape index (κ3) is 8.62. The molecule has 11 heteroatoms. The van der Waals surface area contributed by atoms with E-state index < -0.39 is 12.1 Å². The topological polar surface area (TPSA) is 106 Å². The van der Waals surface area contributed by atoms with Gasteiger partial charge in [0.2, 0.25) is 5.89 Å². The van der Waals surface area contributed by atoms with Crippen LogP contribution in [-0.4, -0.2) is 41.8 Å². The molecule has 0 spiro atoms. The maximum absolute atomic E-state index is 12.6. The molecule has 1 unspecified atom stereocenters. The number of carbonyl (C=O) groups is 2. The Bertz CT molecular complexity index is 1160. The number of nitrogens with one attached hydrogen (secondary N) is 2. The van der Waals surface area contributed by atoms with Crippen LogP contribution in [0.2, 0.25) is 0 Å². The molecule has 2 N–H and O–H groups in total. The summed E-state index contributed by atoms with van der Waals surface area (Å²) in [4.78, 5) is 23.5. The summed E-state index contributed by atoms with van der Waals surface area (Å²) in [5, 5.41) is 12.6. The Kier molecular flexibility index (Phi) is 9.64. The molecule has 1 aromatic heterocycles. The SMILES string of the molecule is CCOC(=O)CCNC(=O)c1ccc(NCC(C)CCc2ccc(-c3nnc(C(F)(F)F)o3)cc2)cc1. The van der Waals surface area contributed by atoms with Crippen LogP contribution in [0.3, 0.4) is 0 Å². The number of aromatic nitrogens is 2. The maximum Gasteiger partial charge on any atom is 0.470 e. The lowest BCUT2D eigenvalue weighted by Gasteiger charge is -2.14. The summed E-state index contributed by atoms with van der Waals surface area (Å²) in [6.07, 6.45) is -2.85. The smallest absolute Gasteiger partial charge is 0.466 e. The molecule has 3 aromatic rings. The number of rotatable bonds is 12. The molecular formula is C26H29F3N4O4. The number of alkyl halides is 3. The van der Waals surface area contributed by atoms with Gasteiger partial charge in [-0.25, -0.2) is 0 Å². The molecule has 3 rings (SSSR count). The number of esters is 1. The summed E-state index contributed by atoms with van der Waals surface area (Å²) in [5.41, 5.74) is 2.86. The molecule has 0 saturated heterocycles. The molecule has 2 aromatic carbocycles. The summed E-state index contributed by atoms with van der Waals surface area (Å²) in [5.74, 6) is -1.79. The number of carbonyl (C=O) groups excluding carboxylic acids is 2. The highest BCUT2D eigenvalue weighted by Gasteiger charge is 2.38. The zero-order chi connectivity index (χ0) is 26.8. The third-order valence-corrected chi connectivity index (χ3v) is 5.52. The van der Waals surface area contributed by atoms with Crippen LogP contribution in [-0.2, 0) is 22.1 Å². The van der Waals surface area contributed by atoms with E-state index in [0.29, 0.717) is 23.7 Å². The van der Waals surface area contributed by atoms with Gasteiger partial charge in [-0.1, -0.05) is 19.1 Å². The van der Waals surface area contributed by atoms with E-state index in [2.05, 4.69) is 27.8 Å². The van der Waals surface area contributed by atoms with Crippen LogP contribution in [0.15, 0.2) is 52.9 Å². The number of amides is 1.